The standard InChI is InChI=1S/C40H24N2S/c1-2-12-26(13-3-1)41-33-23-21-25-11-4-5-14-27(25)38(33)39-34(41)24-22-29-28-15-6-8-17-31(28)42(40(29)39)32-18-10-20-36-37(32)30-16-7-9-19-35(30)43-36/h1-24H. The second kappa shape index (κ2) is 8.57. The molecule has 0 amide bonds. The first-order valence-corrected chi connectivity index (χ1v) is 15.5. The van der Waals surface area contributed by atoms with Crippen molar-refractivity contribution in [3.05, 3.63) is 146 Å². The molecule has 10 aromatic rings. The molecule has 7 aromatic carbocycles. The number of para-hydroxylation sites is 2. The van der Waals surface area contributed by atoms with Crippen LogP contribution < -0.4 is 0 Å². The topological polar surface area (TPSA) is 9.86 Å². The van der Waals surface area contributed by atoms with Gasteiger partial charge in [-0.1, -0.05) is 97.1 Å². The molecule has 10 rings (SSSR count). The van der Waals surface area contributed by atoms with Crippen molar-refractivity contribution in [2.24, 2.45) is 0 Å². The van der Waals surface area contributed by atoms with Gasteiger partial charge in [-0.2, -0.15) is 0 Å². The molecule has 0 fully saturated rings. The minimum Gasteiger partial charge on any atom is -0.309 e. The van der Waals surface area contributed by atoms with Gasteiger partial charge >= 0.3 is 0 Å². The highest BCUT2D eigenvalue weighted by Crippen LogP contribution is 2.46. The van der Waals surface area contributed by atoms with E-state index >= 15 is 0 Å². The molecule has 0 unspecified atom stereocenters. The average molecular weight is 565 g/mol. The van der Waals surface area contributed by atoms with Crippen molar-refractivity contribution in [3.8, 4) is 11.4 Å². The highest BCUT2D eigenvalue weighted by molar-refractivity contribution is 7.25. The fourth-order valence-corrected chi connectivity index (χ4v) is 8.49. The Morgan fingerprint density at radius 2 is 1.07 bits per heavy atom. The van der Waals surface area contributed by atoms with Crippen LogP contribution in [0.3, 0.4) is 0 Å². The van der Waals surface area contributed by atoms with E-state index < -0.39 is 0 Å². The van der Waals surface area contributed by atoms with Gasteiger partial charge in [0.1, 0.15) is 0 Å². The van der Waals surface area contributed by atoms with Crippen molar-refractivity contribution in [3.63, 3.8) is 0 Å². The molecule has 3 heteroatoms. The lowest BCUT2D eigenvalue weighted by Crippen LogP contribution is -1.96. The Kier molecular flexibility index (Phi) is 4.63. The third-order valence-electron chi connectivity index (χ3n) is 9.09. The number of aromatic nitrogens is 2. The van der Waals surface area contributed by atoms with Crippen LogP contribution in [-0.2, 0) is 0 Å². The molecule has 3 aromatic heterocycles. The first-order valence-electron chi connectivity index (χ1n) is 14.7. The molecular formula is C40H24N2S. The van der Waals surface area contributed by atoms with Crippen LogP contribution in [0.25, 0.3) is 85.9 Å². The molecule has 0 saturated heterocycles. The van der Waals surface area contributed by atoms with E-state index in [4.69, 9.17) is 0 Å². The zero-order chi connectivity index (χ0) is 28.1. The van der Waals surface area contributed by atoms with Crippen LogP contribution >= 0.6 is 11.3 Å². The van der Waals surface area contributed by atoms with E-state index in [0.717, 1.165) is 0 Å². The molecule has 0 aliphatic carbocycles. The van der Waals surface area contributed by atoms with Gasteiger partial charge in [-0.15, -0.1) is 11.3 Å². The molecular weight excluding hydrogens is 541 g/mol. The maximum atomic E-state index is 2.55. The molecule has 0 aliphatic heterocycles. The van der Waals surface area contributed by atoms with E-state index in [1.807, 2.05) is 11.3 Å². The fraction of sp³-hybridized carbons (Fsp3) is 0. The predicted molar refractivity (Wildman–Crippen MR) is 186 cm³/mol. The summed E-state index contributed by atoms with van der Waals surface area (Å²) >= 11 is 1.88. The van der Waals surface area contributed by atoms with Crippen LogP contribution in [0.2, 0.25) is 0 Å². The second-order valence-electron chi connectivity index (χ2n) is 11.3. The molecule has 3 heterocycles. The van der Waals surface area contributed by atoms with Crippen LogP contribution in [0.5, 0.6) is 0 Å². The van der Waals surface area contributed by atoms with E-state index in [-0.39, 0.29) is 0 Å². The van der Waals surface area contributed by atoms with E-state index in [9.17, 15) is 0 Å². The number of hydrogen-bond donors (Lipinski definition) is 0. The summed E-state index contributed by atoms with van der Waals surface area (Å²) in [5, 5.41) is 10.3. The Balaban J connectivity index is 1.51. The van der Waals surface area contributed by atoms with Crippen LogP contribution in [0.15, 0.2) is 146 Å². The summed E-state index contributed by atoms with van der Waals surface area (Å²) < 4.78 is 7.63. The molecule has 0 N–H and O–H groups in total. The maximum Gasteiger partial charge on any atom is 0.0641 e. The van der Waals surface area contributed by atoms with Crippen LogP contribution in [0, 0.1) is 0 Å². The minimum atomic E-state index is 1.17. The van der Waals surface area contributed by atoms with Crippen LogP contribution in [-0.4, -0.2) is 9.13 Å². The zero-order valence-corrected chi connectivity index (χ0v) is 24.0. The lowest BCUT2D eigenvalue weighted by molar-refractivity contribution is 1.18. The number of rotatable bonds is 2. The Hall–Kier alpha value is -5.38. The van der Waals surface area contributed by atoms with E-state index in [1.54, 1.807) is 0 Å². The highest BCUT2D eigenvalue weighted by Gasteiger charge is 2.23. The molecule has 0 radical (unpaired) electrons. The summed E-state index contributed by atoms with van der Waals surface area (Å²) in [5.74, 6) is 0. The third-order valence-corrected chi connectivity index (χ3v) is 10.2. The quantitative estimate of drug-likeness (QED) is 0.198. The molecule has 0 atom stereocenters. The molecule has 43 heavy (non-hydrogen) atoms. The first kappa shape index (κ1) is 23.2. The summed E-state index contributed by atoms with van der Waals surface area (Å²) in [6.45, 7) is 0. The Labute approximate surface area is 251 Å². The second-order valence-corrected chi connectivity index (χ2v) is 12.4. The van der Waals surface area contributed by atoms with Gasteiger partial charge in [0.25, 0.3) is 0 Å². The van der Waals surface area contributed by atoms with Gasteiger partial charge in [0.2, 0.25) is 0 Å². The number of thiophene rings is 1. The van der Waals surface area contributed by atoms with Gasteiger partial charge in [-0.3, -0.25) is 0 Å². The Morgan fingerprint density at radius 1 is 0.372 bits per heavy atom. The predicted octanol–water partition coefficient (Wildman–Crippen LogP) is 11.4. The summed E-state index contributed by atoms with van der Waals surface area (Å²) in [4.78, 5) is 0. The van der Waals surface area contributed by atoms with E-state index in [0.29, 0.717) is 0 Å². The SMILES string of the molecule is c1ccc(-n2c3ccc4ccccc4c3c3c2ccc2c4ccccc4n(-c4cccc5sc6ccccc6c45)c23)cc1. The zero-order valence-electron chi connectivity index (χ0n) is 23.2. The molecule has 0 spiro atoms. The van der Waals surface area contributed by atoms with Crippen molar-refractivity contribution < 1.29 is 0 Å². The summed E-state index contributed by atoms with van der Waals surface area (Å²) in [7, 11) is 0. The monoisotopic (exact) mass is 564 g/mol. The average Bonchev–Trinajstić information content (AvgIpc) is 3.73. The first-order chi connectivity index (χ1) is 21.4. The lowest BCUT2D eigenvalue weighted by atomic mass is 10.0. The van der Waals surface area contributed by atoms with Crippen LogP contribution in [0.4, 0.5) is 0 Å². The smallest absolute Gasteiger partial charge is 0.0641 e. The Morgan fingerprint density at radius 3 is 1.98 bits per heavy atom. The van der Waals surface area contributed by atoms with Crippen molar-refractivity contribution in [2.45, 2.75) is 0 Å². The summed E-state index contributed by atoms with van der Waals surface area (Å²) in [6.07, 6.45) is 0. The van der Waals surface area contributed by atoms with Crippen molar-refractivity contribution in [1.82, 2.24) is 9.13 Å². The number of hydrogen-bond acceptors (Lipinski definition) is 1. The maximum absolute atomic E-state index is 2.55. The van der Waals surface area contributed by atoms with Crippen molar-refractivity contribution >= 4 is 85.9 Å². The lowest BCUT2D eigenvalue weighted by Gasteiger charge is -2.12. The summed E-state index contributed by atoms with van der Waals surface area (Å²) in [5.41, 5.74) is 7.34. The minimum absolute atomic E-state index is 1.17. The number of nitrogens with zero attached hydrogens (tertiary/aromatic N) is 2. The molecule has 0 aliphatic rings. The normalized spacial score (nSPS) is 12.2. The fourth-order valence-electron chi connectivity index (χ4n) is 7.37. The van der Waals surface area contributed by atoms with Gasteiger partial charge < -0.3 is 9.13 Å². The molecule has 0 bridgehead atoms. The van der Waals surface area contributed by atoms with Crippen LogP contribution in [0.1, 0.15) is 0 Å². The van der Waals surface area contributed by atoms with Gasteiger partial charge in [0, 0.05) is 47.4 Å². The largest absolute Gasteiger partial charge is 0.309 e. The number of fused-ring (bicyclic) bond motifs is 12. The third kappa shape index (κ3) is 3.07. The summed E-state index contributed by atoms with van der Waals surface area (Å²) in [6, 6.07) is 53.3. The molecule has 2 nitrogen and oxygen atoms in total. The highest BCUT2D eigenvalue weighted by atomic mass is 32.1. The van der Waals surface area contributed by atoms with E-state index in [1.165, 1.54) is 85.9 Å². The molecule has 0 saturated carbocycles. The van der Waals surface area contributed by atoms with Gasteiger partial charge in [0.15, 0.2) is 0 Å². The number of benzene rings is 7. The van der Waals surface area contributed by atoms with Crippen molar-refractivity contribution in [1.29, 1.82) is 0 Å². The van der Waals surface area contributed by atoms with Crippen molar-refractivity contribution in [2.75, 3.05) is 0 Å². The molecule has 200 valence electrons. The van der Waals surface area contributed by atoms with E-state index in [2.05, 4.69) is 155 Å². The van der Waals surface area contributed by atoms with Gasteiger partial charge in [0.05, 0.1) is 27.8 Å². The van der Waals surface area contributed by atoms with Gasteiger partial charge in [-0.25, -0.2) is 0 Å². The van der Waals surface area contributed by atoms with Gasteiger partial charge in [-0.05, 0) is 59.3 Å². The Bertz CT molecular complexity index is 2720.